The van der Waals surface area contributed by atoms with Gasteiger partial charge in [-0.25, -0.2) is 9.18 Å². The van der Waals surface area contributed by atoms with E-state index in [9.17, 15) is 9.18 Å². The molecule has 1 rings (SSSR count). The molecule has 0 bridgehead atoms. The van der Waals surface area contributed by atoms with E-state index in [0.29, 0.717) is 24.2 Å². The van der Waals surface area contributed by atoms with Crippen LogP contribution in [0.3, 0.4) is 0 Å². The molecule has 106 valence electrons. The molecule has 4 nitrogen and oxygen atoms in total. The highest BCUT2D eigenvalue weighted by atomic mass is 79.9. The van der Waals surface area contributed by atoms with Gasteiger partial charge in [0.2, 0.25) is 0 Å². The second-order valence-electron chi connectivity index (χ2n) is 4.18. The lowest BCUT2D eigenvalue weighted by molar-refractivity contribution is 0.175. The lowest BCUT2D eigenvalue weighted by Gasteiger charge is -2.17. The minimum Gasteiger partial charge on any atom is -0.385 e. The van der Waals surface area contributed by atoms with Crippen molar-refractivity contribution in [2.45, 2.75) is 13.0 Å². The van der Waals surface area contributed by atoms with E-state index in [1.807, 2.05) is 0 Å². The van der Waals surface area contributed by atoms with Crippen molar-refractivity contribution in [2.24, 2.45) is 0 Å². The van der Waals surface area contributed by atoms with Gasteiger partial charge >= 0.3 is 6.03 Å². The number of halogens is 2. The summed E-state index contributed by atoms with van der Waals surface area (Å²) in [7, 11) is 3.34. The van der Waals surface area contributed by atoms with Gasteiger partial charge in [-0.05, 0) is 40.0 Å². The normalized spacial score (nSPS) is 10.3. The number of hydrogen-bond acceptors (Lipinski definition) is 2. The Bertz CT molecular complexity index is 429. The van der Waals surface area contributed by atoms with E-state index in [4.69, 9.17) is 4.74 Å². The van der Waals surface area contributed by atoms with Crippen LogP contribution in [0.4, 0.5) is 9.18 Å². The highest BCUT2D eigenvalue weighted by Gasteiger charge is 2.08. The molecule has 0 saturated heterocycles. The molecule has 19 heavy (non-hydrogen) atoms. The lowest BCUT2D eigenvalue weighted by Crippen LogP contribution is -2.37. The molecular weight excluding hydrogens is 315 g/mol. The van der Waals surface area contributed by atoms with Gasteiger partial charge in [-0.15, -0.1) is 0 Å². The highest BCUT2D eigenvalue weighted by molar-refractivity contribution is 9.10. The number of carbonyl (C=O) groups excluding carboxylic acids is 1. The zero-order chi connectivity index (χ0) is 14.3. The summed E-state index contributed by atoms with van der Waals surface area (Å²) in [4.78, 5) is 13.3. The van der Waals surface area contributed by atoms with Crippen LogP contribution in [0.15, 0.2) is 22.7 Å². The van der Waals surface area contributed by atoms with Crippen LogP contribution in [-0.2, 0) is 11.3 Å². The molecule has 0 saturated carbocycles. The second-order valence-corrected chi connectivity index (χ2v) is 5.03. The number of urea groups is 1. The van der Waals surface area contributed by atoms with Crippen molar-refractivity contribution in [3.63, 3.8) is 0 Å². The molecule has 0 heterocycles. The molecule has 2 amide bonds. The number of nitrogens with one attached hydrogen (secondary N) is 1. The van der Waals surface area contributed by atoms with E-state index in [0.717, 1.165) is 12.0 Å². The summed E-state index contributed by atoms with van der Waals surface area (Å²) in [6.45, 7) is 1.54. The number of ether oxygens (including phenoxy) is 1. The van der Waals surface area contributed by atoms with Crippen LogP contribution in [-0.4, -0.2) is 38.2 Å². The largest absolute Gasteiger partial charge is 0.385 e. The molecule has 0 aliphatic rings. The maximum Gasteiger partial charge on any atom is 0.317 e. The number of methoxy groups -OCH3 is 1. The molecule has 0 aliphatic carbocycles. The summed E-state index contributed by atoms with van der Waals surface area (Å²) in [6.07, 6.45) is 0.785. The average molecular weight is 333 g/mol. The predicted octanol–water partition coefficient (Wildman–Crippen LogP) is 2.77. The SMILES string of the molecule is COCCCN(C)C(=O)NCc1ccc(Br)c(F)c1. The first-order chi connectivity index (χ1) is 9.04. The van der Waals surface area contributed by atoms with Gasteiger partial charge in [0, 0.05) is 33.9 Å². The van der Waals surface area contributed by atoms with Crippen LogP contribution in [0.5, 0.6) is 0 Å². The van der Waals surface area contributed by atoms with Gasteiger partial charge in [-0.2, -0.15) is 0 Å². The van der Waals surface area contributed by atoms with Crippen molar-refractivity contribution in [2.75, 3.05) is 27.3 Å². The van der Waals surface area contributed by atoms with E-state index in [2.05, 4.69) is 21.2 Å². The number of benzene rings is 1. The van der Waals surface area contributed by atoms with Gasteiger partial charge in [0.25, 0.3) is 0 Å². The standard InChI is InChI=1S/C13H18BrFN2O2/c1-17(6-3-7-19-2)13(18)16-9-10-4-5-11(14)12(15)8-10/h4-5,8H,3,6-7,9H2,1-2H3,(H,16,18). The quantitative estimate of drug-likeness (QED) is 0.814. The molecule has 0 fully saturated rings. The first-order valence-corrected chi connectivity index (χ1v) is 6.75. The minimum atomic E-state index is -0.333. The molecule has 0 aromatic heterocycles. The first kappa shape index (κ1) is 15.9. The Hall–Kier alpha value is -1.14. The molecule has 1 aromatic rings. The van der Waals surface area contributed by atoms with Crippen LogP contribution >= 0.6 is 15.9 Å². The number of nitrogens with zero attached hydrogens (tertiary/aromatic N) is 1. The van der Waals surface area contributed by atoms with Crippen molar-refractivity contribution in [1.29, 1.82) is 0 Å². The molecule has 0 unspecified atom stereocenters. The average Bonchev–Trinajstić information content (AvgIpc) is 2.40. The summed E-state index contributed by atoms with van der Waals surface area (Å²) in [6, 6.07) is 4.60. The Kier molecular flexibility index (Phi) is 6.80. The minimum absolute atomic E-state index is 0.181. The number of carbonyl (C=O) groups is 1. The van der Waals surface area contributed by atoms with Gasteiger partial charge in [-0.3, -0.25) is 0 Å². The third kappa shape index (κ3) is 5.57. The topological polar surface area (TPSA) is 41.6 Å². The Balaban J connectivity index is 2.38. The van der Waals surface area contributed by atoms with E-state index in [1.165, 1.54) is 6.07 Å². The Labute approximate surface area is 121 Å². The summed E-state index contributed by atoms with van der Waals surface area (Å²) in [5.41, 5.74) is 0.722. The fourth-order valence-electron chi connectivity index (χ4n) is 1.51. The molecule has 0 atom stereocenters. The zero-order valence-corrected chi connectivity index (χ0v) is 12.7. The maximum absolute atomic E-state index is 13.3. The van der Waals surface area contributed by atoms with Gasteiger partial charge < -0.3 is 15.0 Å². The van der Waals surface area contributed by atoms with Crippen molar-refractivity contribution in [1.82, 2.24) is 10.2 Å². The van der Waals surface area contributed by atoms with E-state index in [1.54, 1.807) is 31.2 Å². The third-order valence-corrected chi connectivity index (χ3v) is 3.26. The lowest BCUT2D eigenvalue weighted by atomic mass is 10.2. The van der Waals surface area contributed by atoms with Crippen LogP contribution < -0.4 is 5.32 Å². The second kappa shape index (κ2) is 8.12. The van der Waals surface area contributed by atoms with Crippen molar-refractivity contribution in [3.05, 3.63) is 34.1 Å². The molecular formula is C13H18BrFN2O2. The molecule has 1 aromatic carbocycles. The van der Waals surface area contributed by atoms with Gasteiger partial charge in [-0.1, -0.05) is 6.07 Å². The van der Waals surface area contributed by atoms with Crippen LogP contribution in [0, 0.1) is 5.82 Å². The molecule has 0 spiro atoms. The fraction of sp³-hybridized carbons (Fsp3) is 0.462. The Morgan fingerprint density at radius 2 is 2.26 bits per heavy atom. The number of hydrogen-bond donors (Lipinski definition) is 1. The summed E-state index contributed by atoms with van der Waals surface area (Å²) < 4.78 is 18.6. The molecule has 1 N–H and O–H groups in total. The molecule has 0 aliphatic heterocycles. The summed E-state index contributed by atoms with van der Waals surface area (Å²) in [5, 5.41) is 2.74. The van der Waals surface area contributed by atoms with Gasteiger partial charge in [0.1, 0.15) is 5.82 Å². The van der Waals surface area contributed by atoms with Crippen LogP contribution in [0.2, 0.25) is 0 Å². The number of amides is 2. The maximum atomic E-state index is 13.3. The summed E-state index contributed by atoms with van der Waals surface area (Å²) in [5.74, 6) is -0.333. The monoisotopic (exact) mass is 332 g/mol. The van der Waals surface area contributed by atoms with Gasteiger partial charge in [0.15, 0.2) is 0 Å². The van der Waals surface area contributed by atoms with Gasteiger partial charge in [0.05, 0.1) is 4.47 Å². The smallest absolute Gasteiger partial charge is 0.317 e. The Morgan fingerprint density at radius 3 is 2.89 bits per heavy atom. The van der Waals surface area contributed by atoms with E-state index < -0.39 is 0 Å². The van der Waals surface area contributed by atoms with Crippen molar-refractivity contribution in [3.8, 4) is 0 Å². The van der Waals surface area contributed by atoms with Crippen molar-refractivity contribution >= 4 is 22.0 Å². The number of rotatable bonds is 6. The fourth-order valence-corrected chi connectivity index (χ4v) is 1.76. The van der Waals surface area contributed by atoms with E-state index >= 15 is 0 Å². The predicted molar refractivity (Wildman–Crippen MR) is 75.5 cm³/mol. The van der Waals surface area contributed by atoms with Crippen molar-refractivity contribution < 1.29 is 13.9 Å². The van der Waals surface area contributed by atoms with E-state index in [-0.39, 0.29) is 11.8 Å². The highest BCUT2D eigenvalue weighted by Crippen LogP contribution is 2.16. The zero-order valence-electron chi connectivity index (χ0n) is 11.1. The third-order valence-electron chi connectivity index (χ3n) is 2.62. The molecule has 0 radical (unpaired) electrons. The van der Waals surface area contributed by atoms with Crippen LogP contribution in [0.25, 0.3) is 0 Å². The molecule has 6 heteroatoms. The van der Waals surface area contributed by atoms with Crippen LogP contribution in [0.1, 0.15) is 12.0 Å². The summed E-state index contributed by atoms with van der Waals surface area (Å²) >= 11 is 3.09. The Morgan fingerprint density at radius 1 is 1.53 bits per heavy atom. The first-order valence-electron chi connectivity index (χ1n) is 5.96.